The first kappa shape index (κ1) is 15.9. The van der Waals surface area contributed by atoms with Crippen LogP contribution in [-0.4, -0.2) is 55.1 Å². The van der Waals surface area contributed by atoms with Gasteiger partial charge in [0.25, 0.3) is 0 Å². The lowest BCUT2D eigenvalue weighted by Crippen LogP contribution is -2.35. The highest BCUT2D eigenvalue weighted by molar-refractivity contribution is 7.89. The third-order valence-electron chi connectivity index (χ3n) is 2.93. The number of sulfonamides is 1. The summed E-state index contributed by atoms with van der Waals surface area (Å²) in [6.07, 6.45) is 1.99. The molecule has 1 heterocycles. The molecule has 7 nitrogen and oxygen atoms in total. The van der Waals surface area contributed by atoms with Crippen LogP contribution in [0, 0.1) is 0 Å². The van der Waals surface area contributed by atoms with Crippen molar-refractivity contribution in [1.29, 1.82) is 0 Å². The SMILES string of the molecule is O=C(O)CCCCC(=O)NCCN1CCCS1(=O)=O. The first-order chi connectivity index (χ1) is 8.92. The molecule has 1 fully saturated rings. The molecular weight excluding hydrogens is 272 g/mol. The van der Waals surface area contributed by atoms with Crippen molar-refractivity contribution in [3.63, 3.8) is 0 Å². The van der Waals surface area contributed by atoms with Crippen molar-refractivity contribution in [3.05, 3.63) is 0 Å². The molecule has 1 amide bonds. The van der Waals surface area contributed by atoms with Crippen LogP contribution >= 0.6 is 0 Å². The molecular formula is C11H20N2O5S. The number of nitrogens with zero attached hydrogens (tertiary/aromatic N) is 1. The van der Waals surface area contributed by atoms with E-state index < -0.39 is 16.0 Å². The van der Waals surface area contributed by atoms with Gasteiger partial charge in [0.15, 0.2) is 0 Å². The Bertz CT molecular complexity index is 421. The number of rotatable bonds is 8. The van der Waals surface area contributed by atoms with Gasteiger partial charge in [0.2, 0.25) is 15.9 Å². The maximum absolute atomic E-state index is 11.5. The lowest BCUT2D eigenvalue weighted by molar-refractivity contribution is -0.137. The molecule has 0 unspecified atom stereocenters. The maximum Gasteiger partial charge on any atom is 0.303 e. The fourth-order valence-corrected chi connectivity index (χ4v) is 3.44. The summed E-state index contributed by atoms with van der Waals surface area (Å²) in [5, 5.41) is 11.1. The van der Waals surface area contributed by atoms with Crippen LogP contribution in [0.3, 0.4) is 0 Å². The summed E-state index contributed by atoms with van der Waals surface area (Å²) in [5.41, 5.74) is 0. The molecule has 8 heteroatoms. The third kappa shape index (κ3) is 6.02. The first-order valence-corrected chi connectivity index (χ1v) is 7.99. The number of hydrogen-bond donors (Lipinski definition) is 2. The highest BCUT2D eigenvalue weighted by Crippen LogP contribution is 2.11. The van der Waals surface area contributed by atoms with Crippen molar-refractivity contribution in [3.8, 4) is 0 Å². The average molecular weight is 292 g/mol. The fourth-order valence-electron chi connectivity index (χ4n) is 1.91. The lowest BCUT2D eigenvalue weighted by Gasteiger charge is -2.14. The van der Waals surface area contributed by atoms with E-state index in [9.17, 15) is 18.0 Å². The fraction of sp³-hybridized carbons (Fsp3) is 0.818. The first-order valence-electron chi connectivity index (χ1n) is 6.38. The monoisotopic (exact) mass is 292 g/mol. The number of carboxylic acid groups (broad SMARTS) is 1. The van der Waals surface area contributed by atoms with Crippen LogP contribution in [0.1, 0.15) is 32.1 Å². The van der Waals surface area contributed by atoms with Crippen LogP contribution in [0.15, 0.2) is 0 Å². The molecule has 2 N–H and O–H groups in total. The second-order valence-electron chi connectivity index (χ2n) is 4.52. The summed E-state index contributed by atoms with van der Waals surface area (Å²) >= 11 is 0. The highest BCUT2D eigenvalue weighted by atomic mass is 32.2. The quantitative estimate of drug-likeness (QED) is 0.602. The predicted molar refractivity (Wildman–Crippen MR) is 69.1 cm³/mol. The van der Waals surface area contributed by atoms with Gasteiger partial charge in [0.05, 0.1) is 5.75 Å². The van der Waals surface area contributed by atoms with E-state index in [1.165, 1.54) is 4.31 Å². The Morgan fingerprint density at radius 2 is 1.89 bits per heavy atom. The highest BCUT2D eigenvalue weighted by Gasteiger charge is 2.27. The third-order valence-corrected chi connectivity index (χ3v) is 4.89. The topological polar surface area (TPSA) is 104 Å². The van der Waals surface area contributed by atoms with Gasteiger partial charge in [-0.3, -0.25) is 9.59 Å². The van der Waals surface area contributed by atoms with E-state index in [0.29, 0.717) is 38.9 Å². The van der Waals surface area contributed by atoms with Crippen LogP contribution < -0.4 is 5.32 Å². The van der Waals surface area contributed by atoms with Crippen molar-refractivity contribution < 1.29 is 23.1 Å². The molecule has 1 aliphatic rings. The predicted octanol–water partition coefficient (Wildman–Crippen LogP) is -0.217. The Morgan fingerprint density at radius 1 is 1.21 bits per heavy atom. The Hall–Kier alpha value is -1.15. The van der Waals surface area contributed by atoms with Gasteiger partial charge in [-0.25, -0.2) is 12.7 Å². The standard InChI is InChI=1S/C11H20N2O5S/c14-10(4-1-2-5-11(15)16)12-6-8-13-7-3-9-19(13,17)18/h1-9H2,(H,12,14)(H,15,16). The molecule has 0 saturated carbocycles. The second-order valence-corrected chi connectivity index (χ2v) is 6.61. The van der Waals surface area contributed by atoms with E-state index in [1.54, 1.807) is 0 Å². The molecule has 0 aromatic carbocycles. The van der Waals surface area contributed by atoms with Crippen molar-refractivity contribution in [2.24, 2.45) is 0 Å². The van der Waals surface area contributed by atoms with E-state index in [0.717, 1.165) is 0 Å². The number of unbranched alkanes of at least 4 members (excludes halogenated alkanes) is 1. The number of carboxylic acids is 1. The van der Waals surface area contributed by atoms with Crippen molar-refractivity contribution in [2.75, 3.05) is 25.4 Å². The molecule has 0 bridgehead atoms. The summed E-state index contributed by atoms with van der Waals surface area (Å²) in [5.74, 6) is -0.836. The number of aliphatic carboxylic acids is 1. The van der Waals surface area contributed by atoms with Crippen molar-refractivity contribution in [1.82, 2.24) is 9.62 Å². The number of amides is 1. The van der Waals surface area contributed by atoms with Gasteiger partial charge >= 0.3 is 5.97 Å². The number of carbonyl (C=O) groups is 2. The van der Waals surface area contributed by atoms with Gasteiger partial charge < -0.3 is 10.4 Å². The van der Waals surface area contributed by atoms with Gasteiger partial charge in [0.1, 0.15) is 0 Å². The van der Waals surface area contributed by atoms with E-state index in [-0.39, 0.29) is 24.5 Å². The Kier molecular flexibility index (Phi) is 6.23. The van der Waals surface area contributed by atoms with Crippen LogP contribution in [0.2, 0.25) is 0 Å². The van der Waals surface area contributed by atoms with Crippen LogP contribution in [0.25, 0.3) is 0 Å². The largest absolute Gasteiger partial charge is 0.481 e. The molecule has 1 rings (SSSR count). The number of hydrogen-bond acceptors (Lipinski definition) is 4. The smallest absolute Gasteiger partial charge is 0.303 e. The van der Waals surface area contributed by atoms with Crippen molar-refractivity contribution in [2.45, 2.75) is 32.1 Å². The summed E-state index contributed by atoms with van der Waals surface area (Å²) in [6.45, 7) is 1.14. The Labute approximate surface area is 113 Å². The minimum absolute atomic E-state index is 0.0688. The molecule has 1 aliphatic heterocycles. The lowest BCUT2D eigenvalue weighted by atomic mass is 10.2. The van der Waals surface area contributed by atoms with Gasteiger partial charge in [-0.1, -0.05) is 0 Å². The summed E-state index contributed by atoms with van der Waals surface area (Å²) in [6, 6.07) is 0. The van der Waals surface area contributed by atoms with Gasteiger partial charge in [-0.15, -0.1) is 0 Å². The normalized spacial score (nSPS) is 18.3. The minimum atomic E-state index is -3.10. The molecule has 0 aliphatic carbocycles. The Balaban J connectivity index is 2.09. The van der Waals surface area contributed by atoms with Crippen LogP contribution in [0.4, 0.5) is 0 Å². The molecule has 110 valence electrons. The van der Waals surface area contributed by atoms with E-state index >= 15 is 0 Å². The van der Waals surface area contributed by atoms with Gasteiger partial charge in [0, 0.05) is 32.5 Å². The second kappa shape index (κ2) is 7.44. The number of nitrogens with one attached hydrogen (secondary N) is 1. The molecule has 19 heavy (non-hydrogen) atoms. The van der Waals surface area contributed by atoms with Gasteiger partial charge in [-0.2, -0.15) is 0 Å². The number of carbonyl (C=O) groups excluding carboxylic acids is 1. The molecule has 0 radical (unpaired) electrons. The zero-order chi connectivity index (χ0) is 14.3. The molecule has 0 aromatic heterocycles. The molecule has 0 atom stereocenters. The van der Waals surface area contributed by atoms with E-state index in [4.69, 9.17) is 5.11 Å². The summed E-state index contributed by atoms with van der Waals surface area (Å²) in [7, 11) is -3.10. The van der Waals surface area contributed by atoms with Crippen LogP contribution in [0.5, 0.6) is 0 Å². The van der Waals surface area contributed by atoms with Gasteiger partial charge in [-0.05, 0) is 19.3 Å². The molecule has 0 aromatic rings. The summed E-state index contributed by atoms with van der Waals surface area (Å²) < 4.78 is 24.3. The summed E-state index contributed by atoms with van der Waals surface area (Å²) in [4.78, 5) is 21.7. The molecule has 1 saturated heterocycles. The van der Waals surface area contributed by atoms with E-state index in [2.05, 4.69) is 5.32 Å². The zero-order valence-electron chi connectivity index (χ0n) is 10.8. The minimum Gasteiger partial charge on any atom is -0.481 e. The van der Waals surface area contributed by atoms with Crippen molar-refractivity contribution >= 4 is 21.9 Å². The average Bonchev–Trinajstić information content (AvgIpc) is 2.64. The van der Waals surface area contributed by atoms with E-state index in [1.807, 2.05) is 0 Å². The Morgan fingerprint density at radius 3 is 2.47 bits per heavy atom. The zero-order valence-corrected chi connectivity index (χ0v) is 11.6. The molecule has 0 spiro atoms. The maximum atomic E-state index is 11.5. The van der Waals surface area contributed by atoms with Crippen LogP contribution in [-0.2, 0) is 19.6 Å².